The SMILES string of the molecule is OC1(Cc2cccc(F)c2F)CC2COCC(C1)N2. The van der Waals surface area contributed by atoms with E-state index >= 15 is 0 Å². The van der Waals surface area contributed by atoms with E-state index in [1.165, 1.54) is 12.1 Å². The Hall–Kier alpha value is -1.04. The summed E-state index contributed by atoms with van der Waals surface area (Å²) in [5.74, 6) is -1.71. The molecule has 0 saturated carbocycles. The Morgan fingerprint density at radius 2 is 1.95 bits per heavy atom. The van der Waals surface area contributed by atoms with Crippen molar-refractivity contribution < 1.29 is 18.6 Å². The van der Waals surface area contributed by atoms with E-state index in [0.717, 1.165) is 6.07 Å². The lowest BCUT2D eigenvalue weighted by molar-refractivity contribution is -0.0759. The Balaban J connectivity index is 1.80. The molecule has 104 valence electrons. The minimum atomic E-state index is -0.987. The van der Waals surface area contributed by atoms with Gasteiger partial charge in [0.05, 0.1) is 18.8 Å². The topological polar surface area (TPSA) is 41.5 Å². The van der Waals surface area contributed by atoms with Crippen molar-refractivity contribution in [1.29, 1.82) is 0 Å². The zero-order valence-corrected chi connectivity index (χ0v) is 10.5. The zero-order valence-electron chi connectivity index (χ0n) is 10.5. The van der Waals surface area contributed by atoms with Crippen LogP contribution in [0.15, 0.2) is 18.2 Å². The van der Waals surface area contributed by atoms with E-state index in [9.17, 15) is 13.9 Å². The van der Waals surface area contributed by atoms with Crippen molar-refractivity contribution >= 4 is 0 Å². The van der Waals surface area contributed by atoms with Gasteiger partial charge in [-0.2, -0.15) is 0 Å². The number of morpholine rings is 1. The van der Waals surface area contributed by atoms with Crippen LogP contribution in [-0.2, 0) is 11.2 Å². The molecule has 2 atom stereocenters. The first kappa shape index (κ1) is 13.0. The van der Waals surface area contributed by atoms with E-state index in [2.05, 4.69) is 5.32 Å². The molecular weight excluding hydrogens is 252 g/mol. The fourth-order valence-electron chi connectivity index (χ4n) is 3.20. The molecule has 0 spiro atoms. The first-order valence-electron chi connectivity index (χ1n) is 6.55. The quantitative estimate of drug-likeness (QED) is 0.852. The maximum atomic E-state index is 13.7. The Kier molecular flexibility index (Phi) is 3.28. The van der Waals surface area contributed by atoms with Crippen LogP contribution in [0.2, 0.25) is 0 Å². The third-order valence-corrected chi connectivity index (χ3v) is 3.91. The summed E-state index contributed by atoms with van der Waals surface area (Å²) >= 11 is 0. The van der Waals surface area contributed by atoms with Crippen molar-refractivity contribution in [1.82, 2.24) is 5.32 Å². The van der Waals surface area contributed by atoms with Gasteiger partial charge in [0, 0.05) is 18.5 Å². The summed E-state index contributed by atoms with van der Waals surface area (Å²) in [6.45, 7) is 1.12. The summed E-state index contributed by atoms with van der Waals surface area (Å²) in [6, 6.07) is 4.28. The van der Waals surface area contributed by atoms with Crippen LogP contribution in [0.5, 0.6) is 0 Å². The van der Waals surface area contributed by atoms with Gasteiger partial charge in [0.2, 0.25) is 0 Å². The number of nitrogens with one attached hydrogen (secondary N) is 1. The van der Waals surface area contributed by atoms with Crippen molar-refractivity contribution in [2.75, 3.05) is 13.2 Å². The lowest BCUT2D eigenvalue weighted by Crippen LogP contribution is -2.60. The normalized spacial score (nSPS) is 34.3. The maximum absolute atomic E-state index is 13.7. The third kappa shape index (κ3) is 2.63. The highest BCUT2D eigenvalue weighted by molar-refractivity contribution is 5.21. The second-order valence-corrected chi connectivity index (χ2v) is 5.62. The smallest absolute Gasteiger partial charge is 0.162 e. The Morgan fingerprint density at radius 1 is 1.26 bits per heavy atom. The van der Waals surface area contributed by atoms with E-state index in [-0.39, 0.29) is 24.1 Å². The number of ether oxygens (including phenoxy) is 1. The van der Waals surface area contributed by atoms with Gasteiger partial charge in [0.25, 0.3) is 0 Å². The monoisotopic (exact) mass is 269 g/mol. The molecule has 2 aliphatic rings. The molecule has 0 amide bonds. The van der Waals surface area contributed by atoms with Crippen molar-refractivity contribution in [3.63, 3.8) is 0 Å². The van der Waals surface area contributed by atoms with Gasteiger partial charge in [-0.25, -0.2) is 8.78 Å². The maximum Gasteiger partial charge on any atom is 0.162 e. The summed E-state index contributed by atoms with van der Waals surface area (Å²) in [7, 11) is 0. The average Bonchev–Trinajstić information content (AvgIpc) is 2.34. The van der Waals surface area contributed by atoms with Gasteiger partial charge in [-0.05, 0) is 24.5 Å². The van der Waals surface area contributed by atoms with Gasteiger partial charge in [0.15, 0.2) is 11.6 Å². The summed E-state index contributed by atoms with van der Waals surface area (Å²) in [6.07, 6.45) is 1.14. The summed E-state index contributed by atoms with van der Waals surface area (Å²) in [4.78, 5) is 0. The number of aliphatic hydroxyl groups is 1. The number of hydrogen-bond donors (Lipinski definition) is 2. The predicted octanol–water partition coefficient (Wildman–Crippen LogP) is 1.39. The first-order valence-corrected chi connectivity index (χ1v) is 6.55. The summed E-state index contributed by atoms with van der Waals surface area (Å²) in [5.41, 5.74) is -0.748. The highest BCUT2D eigenvalue weighted by Gasteiger charge is 2.41. The summed E-state index contributed by atoms with van der Waals surface area (Å²) in [5, 5.41) is 14.0. The average molecular weight is 269 g/mol. The number of benzene rings is 1. The van der Waals surface area contributed by atoms with Gasteiger partial charge in [0.1, 0.15) is 0 Å². The van der Waals surface area contributed by atoms with E-state index in [4.69, 9.17) is 4.74 Å². The van der Waals surface area contributed by atoms with Crippen LogP contribution in [0.3, 0.4) is 0 Å². The van der Waals surface area contributed by atoms with Crippen LogP contribution in [0, 0.1) is 11.6 Å². The molecule has 1 aromatic carbocycles. The lowest BCUT2D eigenvalue weighted by atomic mass is 9.79. The molecule has 2 saturated heterocycles. The van der Waals surface area contributed by atoms with Crippen molar-refractivity contribution in [3.8, 4) is 0 Å². The van der Waals surface area contributed by atoms with E-state index in [1.54, 1.807) is 0 Å². The van der Waals surface area contributed by atoms with Gasteiger partial charge in [-0.15, -0.1) is 0 Å². The molecular formula is C14H17F2NO2. The Labute approximate surface area is 110 Å². The van der Waals surface area contributed by atoms with Crippen LogP contribution >= 0.6 is 0 Å². The first-order chi connectivity index (χ1) is 9.06. The van der Waals surface area contributed by atoms with E-state index < -0.39 is 17.2 Å². The van der Waals surface area contributed by atoms with Gasteiger partial charge < -0.3 is 15.2 Å². The largest absolute Gasteiger partial charge is 0.389 e. The second kappa shape index (κ2) is 4.81. The Bertz CT molecular complexity index is 469. The van der Waals surface area contributed by atoms with Gasteiger partial charge in [-0.1, -0.05) is 12.1 Å². The zero-order chi connectivity index (χ0) is 13.5. The molecule has 1 aromatic rings. The molecule has 19 heavy (non-hydrogen) atoms. The fraction of sp³-hybridized carbons (Fsp3) is 0.571. The molecule has 2 fully saturated rings. The molecule has 0 radical (unpaired) electrons. The fourth-order valence-corrected chi connectivity index (χ4v) is 3.20. The third-order valence-electron chi connectivity index (χ3n) is 3.91. The van der Waals surface area contributed by atoms with Crippen LogP contribution < -0.4 is 5.32 Å². The van der Waals surface area contributed by atoms with Crippen LogP contribution in [0.4, 0.5) is 8.78 Å². The molecule has 2 aliphatic heterocycles. The van der Waals surface area contributed by atoms with Crippen molar-refractivity contribution in [2.45, 2.75) is 36.9 Å². The number of fused-ring (bicyclic) bond motifs is 2. The molecule has 3 rings (SSSR count). The molecule has 0 aromatic heterocycles. The standard InChI is InChI=1S/C14H17F2NO2/c15-12-3-1-2-9(13(12)16)4-14(18)5-10-7-19-8-11(6-14)17-10/h1-3,10-11,17-18H,4-8H2. The van der Waals surface area contributed by atoms with Crippen molar-refractivity contribution in [2.24, 2.45) is 0 Å². The molecule has 0 aliphatic carbocycles. The Morgan fingerprint density at radius 3 is 2.63 bits per heavy atom. The van der Waals surface area contributed by atoms with Crippen LogP contribution in [0.25, 0.3) is 0 Å². The molecule has 2 bridgehead atoms. The van der Waals surface area contributed by atoms with E-state index in [1.807, 2.05) is 0 Å². The lowest BCUT2D eigenvalue weighted by Gasteiger charge is -2.45. The van der Waals surface area contributed by atoms with E-state index in [0.29, 0.717) is 26.1 Å². The molecule has 2 N–H and O–H groups in total. The summed E-state index contributed by atoms with van der Waals surface area (Å²) < 4.78 is 32.3. The molecule has 2 unspecified atom stereocenters. The second-order valence-electron chi connectivity index (χ2n) is 5.62. The number of rotatable bonds is 2. The highest BCUT2D eigenvalue weighted by Crippen LogP contribution is 2.32. The number of hydrogen-bond acceptors (Lipinski definition) is 3. The minimum absolute atomic E-state index is 0.0918. The van der Waals surface area contributed by atoms with Crippen LogP contribution in [0.1, 0.15) is 18.4 Å². The predicted molar refractivity (Wildman–Crippen MR) is 65.8 cm³/mol. The molecule has 3 nitrogen and oxygen atoms in total. The van der Waals surface area contributed by atoms with Crippen LogP contribution in [-0.4, -0.2) is 36.0 Å². The van der Waals surface area contributed by atoms with Crippen molar-refractivity contribution in [3.05, 3.63) is 35.4 Å². The minimum Gasteiger partial charge on any atom is -0.389 e. The molecule has 5 heteroatoms. The van der Waals surface area contributed by atoms with Gasteiger partial charge >= 0.3 is 0 Å². The van der Waals surface area contributed by atoms with Gasteiger partial charge in [-0.3, -0.25) is 0 Å². The highest BCUT2D eigenvalue weighted by atomic mass is 19.2. The molecule has 2 heterocycles. The number of piperidine rings is 1. The number of halogens is 2.